The second-order valence-electron chi connectivity index (χ2n) is 6.17. The normalized spacial score (nSPS) is 29.8. The van der Waals surface area contributed by atoms with Crippen LogP contribution < -0.4 is 0 Å². The van der Waals surface area contributed by atoms with E-state index in [0.717, 1.165) is 12.7 Å². The molecule has 132 valence electrons. The number of ether oxygens (including phenoxy) is 3. The maximum absolute atomic E-state index is 11.0. The van der Waals surface area contributed by atoms with Gasteiger partial charge in [-0.15, -0.1) is 0 Å². The summed E-state index contributed by atoms with van der Waals surface area (Å²) in [4.78, 5) is 11.0. The van der Waals surface area contributed by atoms with Crippen LogP contribution in [-0.2, 0) is 28.3 Å². The molecule has 0 bridgehead atoms. The Bertz CT molecular complexity index is 366. The molecule has 0 unspecified atom stereocenters. The zero-order valence-electron chi connectivity index (χ0n) is 14.5. The largest absolute Gasteiger partial charge is 0.463 e. The molecule has 0 aromatic heterocycles. The van der Waals surface area contributed by atoms with Crippen molar-refractivity contribution in [3.8, 4) is 0 Å². The lowest BCUT2D eigenvalue weighted by Gasteiger charge is -2.18. The standard InChI is InChI=1S/C16H29BO6/c1-4-6-7-8-9-10-19-16-15-14(22-17(5-2)23-15)13(21-16)11-20-12(3)18/h13-16H,4-11H2,1-3H3/t13-,14+,15+,16-/m1/s1. The van der Waals surface area contributed by atoms with Crippen LogP contribution in [0.4, 0.5) is 0 Å². The van der Waals surface area contributed by atoms with Crippen molar-refractivity contribution in [1.29, 1.82) is 0 Å². The first kappa shape index (κ1) is 18.7. The molecule has 23 heavy (non-hydrogen) atoms. The first-order chi connectivity index (χ1) is 11.2. The van der Waals surface area contributed by atoms with Crippen molar-refractivity contribution in [2.45, 2.75) is 83.8 Å². The Morgan fingerprint density at radius 2 is 1.83 bits per heavy atom. The smallest absolute Gasteiger partial charge is 0.457 e. The molecule has 0 spiro atoms. The summed E-state index contributed by atoms with van der Waals surface area (Å²) in [6, 6.07) is 0. The van der Waals surface area contributed by atoms with Crippen molar-refractivity contribution in [1.82, 2.24) is 0 Å². The van der Waals surface area contributed by atoms with Gasteiger partial charge in [0, 0.05) is 13.5 Å². The molecular formula is C16H29BO6. The highest BCUT2D eigenvalue weighted by Crippen LogP contribution is 2.34. The van der Waals surface area contributed by atoms with Crippen LogP contribution >= 0.6 is 0 Å². The van der Waals surface area contributed by atoms with E-state index in [4.69, 9.17) is 23.5 Å². The second-order valence-corrected chi connectivity index (χ2v) is 6.17. The number of carbonyl (C=O) groups excluding carboxylic acids is 1. The van der Waals surface area contributed by atoms with E-state index in [1.807, 2.05) is 6.92 Å². The van der Waals surface area contributed by atoms with Crippen molar-refractivity contribution >= 4 is 13.1 Å². The fourth-order valence-electron chi connectivity index (χ4n) is 2.95. The molecule has 0 aliphatic carbocycles. The van der Waals surface area contributed by atoms with Gasteiger partial charge in [-0.1, -0.05) is 39.5 Å². The summed E-state index contributed by atoms with van der Waals surface area (Å²) in [5.74, 6) is -0.323. The molecule has 0 N–H and O–H groups in total. The minimum atomic E-state index is -0.441. The first-order valence-corrected chi connectivity index (χ1v) is 8.87. The lowest BCUT2D eigenvalue weighted by molar-refractivity contribution is -0.175. The highest BCUT2D eigenvalue weighted by atomic mass is 16.8. The van der Waals surface area contributed by atoms with E-state index in [9.17, 15) is 4.79 Å². The van der Waals surface area contributed by atoms with E-state index in [2.05, 4.69) is 6.92 Å². The van der Waals surface area contributed by atoms with Crippen LogP contribution in [0.3, 0.4) is 0 Å². The lowest BCUT2D eigenvalue weighted by Crippen LogP contribution is -2.33. The molecule has 0 saturated carbocycles. The maximum atomic E-state index is 11.0. The monoisotopic (exact) mass is 328 g/mol. The van der Waals surface area contributed by atoms with Crippen LogP contribution in [0.1, 0.15) is 52.9 Å². The van der Waals surface area contributed by atoms with Gasteiger partial charge in [0.15, 0.2) is 6.29 Å². The Morgan fingerprint density at radius 3 is 2.52 bits per heavy atom. The van der Waals surface area contributed by atoms with Crippen LogP contribution in [-0.4, -0.2) is 50.9 Å². The van der Waals surface area contributed by atoms with E-state index < -0.39 is 6.29 Å². The molecule has 2 fully saturated rings. The van der Waals surface area contributed by atoms with Crippen LogP contribution in [0.2, 0.25) is 6.32 Å². The molecule has 6 nitrogen and oxygen atoms in total. The number of esters is 1. The third-order valence-electron chi connectivity index (χ3n) is 4.20. The van der Waals surface area contributed by atoms with Crippen LogP contribution in [0.25, 0.3) is 0 Å². The number of unbranched alkanes of at least 4 members (excludes halogenated alkanes) is 4. The Labute approximate surface area is 139 Å². The zero-order valence-corrected chi connectivity index (χ0v) is 14.5. The number of carbonyl (C=O) groups is 1. The molecule has 0 aromatic rings. The van der Waals surface area contributed by atoms with Crippen molar-refractivity contribution in [3.63, 3.8) is 0 Å². The van der Waals surface area contributed by atoms with E-state index >= 15 is 0 Å². The van der Waals surface area contributed by atoms with Gasteiger partial charge in [0.05, 0.1) is 0 Å². The Morgan fingerprint density at radius 1 is 1.09 bits per heavy atom. The van der Waals surface area contributed by atoms with Crippen LogP contribution in [0.5, 0.6) is 0 Å². The molecular weight excluding hydrogens is 299 g/mol. The topological polar surface area (TPSA) is 63.2 Å². The summed E-state index contributed by atoms with van der Waals surface area (Å²) in [6.45, 7) is 6.42. The Balaban J connectivity index is 1.78. The van der Waals surface area contributed by atoms with Crippen molar-refractivity contribution in [2.24, 2.45) is 0 Å². The van der Waals surface area contributed by atoms with E-state index in [1.165, 1.54) is 32.6 Å². The predicted octanol–water partition coefficient (Wildman–Crippen LogP) is 2.55. The SMILES string of the molecule is CCCCCCCO[C@@H]1O[C@H](COC(C)=O)[C@@H]2OB(CC)O[C@H]12. The molecule has 2 aliphatic rings. The van der Waals surface area contributed by atoms with Crippen molar-refractivity contribution in [2.75, 3.05) is 13.2 Å². The summed E-state index contributed by atoms with van der Waals surface area (Å²) in [5, 5.41) is 0. The fourth-order valence-corrected chi connectivity index (χ4v) is 2.95. The molecule has 0 amide bonds. The number of rotatable bonds is 10. The quantitative estimate of drug-likeness (QED) is 0.349. The van der Waals surface area contributed by atoms with Gasteiger partial charge < -0.3 is 23.5 Å². The van der Waals surface area contributed by atoms with Gasteiger partial charge in [-0.3, -0.25) is 4.79 Å². The predicted molar refractivity (Wildman–Crippen MR) is 86.0 cm³/mol. The number of hydrogen-bond donors (Lipinski definition) is 0. The van der Waals surface area contributed by atoms with Gasteiger partial charge in [-0.2, -0.15) is 0 Å². The molecule has 7 heteroatoms. The summed E-state index contributed by atoms with van der Waals surface area (Å²) >= 11 is 0. The van der Waals surface area contributed by atoms with Gasteiger partial charge in [0.1, 0.15) is 24.9 Å². The van der Waals surface area contributed by atoms with Gasteiger partial charge in [0.25, 0.3) is 0 Å². The Hall–Kier alpha value is -0.625. The van der Waals surface area contributed by atoms with E-state index in [1.54, 1.807) is 0 Å². The lowest BCUT2D eigenvalue weighted by atomic mass is 9.87. The van der Waals surface area contributed by atoms with Gasteiger partial charge >= 0.3 is 13.1 Å². The van der Waals surface area contributed by atoms with Crippen molar-refractivity contribution < 1.29 is 28.3 Å². The molecule has 4 atom stereocenters. The third kappa shape index (κ3) is 5.45. The van der Waals surface area contributed by atoms with Crippen molar-refractivity contribution in [3.05, 3.63) is 0 Å². The zero-order chi connectivity index (χ0) is 16.7. The average molecular weight is 328 g/mol. The second kappa shape index (κ2) is 9.62. The van der Waals surface area contributed by atoms with Gasteiger partial charge in [-0.25, -0.2) is 0 Å². The highest BCUT2D eigenvalue weighted by Gasteiger charge is 2.54. The number of fused-ring (bicyclic) bond motifs is 1. The molecule has 2 rings (SSSR count). The van der Waals surface area contributed by atoms with E-state index in [0.29, 0.717) is 6.61 Å². The minimum absolute atomic E-state index is 0.173. The number of hydrogen-bond acceptors (Lipinski definition) is 6. The molecule has 0 aromatic carbocycles. The Kier molecular flexibility index (Phi) is 7.82. The highest BCUT2D eigenvalue weighted by molar-refractivity contribution is 6.45. The summed E-state index contributed by atoms with van der Waals surface area (Å²) in [6.07, 6.45) is 5.46. The van der Waals surface area contributed by atoms with Gasteiger partial charge in [-0.05, 0) is 12.7 Å². The maximum Gasteiger partial charge on any atom is 0.457 e. The molecule has 2 aliphatic heterocycles. The van der Waals surface area contributed by atoms with E-state index in [-0.39, 0.29) is 38.0 Å². The average Bonchev–Trinajstić information content (AvgIpc) is 3.08. The molecule has 2 heterocycles. The summed E-state index contributed by atoms with van der Waals surface area (Å²) in [7, 11) is -0.232. The third-order valence-corrected chi connectivity index (χ3v) is 4.20. The summed E-state index contributed by atoms with van der Waals surface area (Å²) < 4.78 is 28.5. The molecule has 0 radical (unpaired) electrons. The summed E-state index contributed by atoms with van der Waals surface area (Å²) in [5.41, 5.74) is 0. The van der Waals surface area contributed by atoms with Crippen LogP contribution in [0.15, 0.2) is 0 Å². The van der Waals surface area contributed by atoms with Gasteiger partial charge in [0.2, 0.25) is 0 Å². The first-order valence-electron chi connectivity index (χ1n) is 8.87. The fraction of sp³-hybridized carbons (Fsp3) is 0.938. The molecule has 2 saturated heterocycles. The minimum Gasteiger partial charge on any atom is -0.463 e. The van der Waals surface area contributed by atoms with Crippen LogP contribution in [0, 0.1) is 0 Å².